The molecule has 2 nitrogen and oxygen atoms in total. The first-order valence-corrected chi connectivity index (χ1v) is 8.21. The zero-order chi connectivity index (χ0) is 13.5. The Balaban J connectivity index is 1.43. The van der Waals surface area contributed by atoms with Crippen molar-refractivity contribution in [1.82, 2.24) is 0 Å². The van der Waals surface area contributed by atoms with Crippen molar-refractivity contribution in [3.63, 3.8) is 0 Å². The van der Waals surface area contributed by atoms with Gasteiger partial charge in [-0.15, -0.1) is 0 Å². The van der Waals surface area contributed by atoms with Gasteiger partial charge in [0.05, 0.1) is 22.4 Å². The summed E-state index contributed by atoms with van der Waals surface area (Å²) in [7, 11) is 0. The summed E-state index contributed by atoms with van der Waals surface area (Å²) in [6, 6.07) is 0. The number of hydrogen-bond donors (Lipinski definition) is 0. The van der Waals surface area contributed by atoms with E-state index in [9.17, 15) is 0 Å². The van der Waals surface area contributed by atoms with Crippen molar-refractivity contribution in [3.05, 3.63) is 0 Å². The summed E-state index contributed by atoms with van der Waals surface area (Å²) in [5.41, 5.74) is 0.806. The van der Waals surface area contributed by atoms with Crippen LogP contribution in [0.2, 0.25) is 0 Å². The minimum Gasteiger partial charge on any atom is -0.363 e. The van der Waals surface area contributed by atoms with Crippen LogP contribution in [0.15, 0.2) is 0 Å². The molecule has 6 unspecified atom stereocenters. The molecule has 19 heavy (non-hydrogen) atoms. The third kappa shape index (κ3) is 1.56. The molecule has 0 aromatic heterocycles. The van der Waals surface area contributed by atoms with Crippen LogP contribution in [0, 0.1) is 11.8 Å². The number of epoxide rings is 2. The molecule has 108 valence electrons. The lowest BCUT2D eigenvalue weighted by molar-refractivity contribution is 0.166. The van der Waals surface area contributed by atoms with Crippen molar-refractivity contribution in [2.45, 2.75) is 95.0 Å². The summed E-state index contributed by atoms with van der Waals surface area (Å²) in [5, 5.41) is 0. The lowest BCUT2D eigenvalue weighted by Gasteiger charge is -2.34. The second-order valence-electron chi connectivity index (χ2n) is 8.44. The van der Waals surface area contributed by atoms with Gasteiger partial charge in [-0.1, -0.05) is 6.42 Å². The second-order valence-corrected chi connectivity index (χ2v) is 8.44. The molecule has 0 bridgehead atoms. The van der Waals surface area contributed by atoms with E-state index in [0.717, 1.165) is 11.8 Å². The number of hydrogen-bond acceptors (Lipinski definition) is 2. The third-order valence-electron chi connectivity index (χ3n) is 7.28. The minimum absolute atomic E-state index is 0.192. The van der Waals surface area contributed by atoms with Gasteiger partial charge in [0.15, 0.2) is 0 Å². The summed E-state index contributed by atoms with van der Waals surface area (Å²) in [5.74, 6) is 1.64. The van der Waals surface area contributed by atoms with Gasteiger partial charge in [0.2, 0.25) is 0 Å². The first-order chi connectivity index (χ1) is 8.80. The third-order valence-corrected chi connectivity index (χ3v) is 7.28. The molecule has 0 spiro atoms. The van der Waals surface area contributed by atoms with Crippen LogP contribution in [0.1, 0.15) is 72.6 Å². The van der Waals surface area contributed by atoms with Crippen LogP contribution in [0.25, 0.3) is 0 Å². The Hall–Kier alpha value is -0.0800. The Bertz CT molecular complexity index is 421. The molecule has 0 aromatic carbocycles. The van der Waals surface area contributed by atoms with Gasteiger partial charge >= 0.3 is 0 Å². The lowest BCUT2D eigenvalue weighted by Crippen LogP contribution is -2.37. The van der Waals surface area contributed by atoms with Crippen LogP contribution < -0.4 is 0 Å². The number of rotatable bonds is 2. The highest BCUT2D eigenvalue weighted by molar-refractivity contribution is 5.18. The van der Waals surface area contributed by atoms with E-state index in [-0.39, 0.29) is 22.4 Å². The second kappa shape index (κ2) is 3.39. The van der Waals surface area contributed by atoms with Gasteiger partial charge in [-0.3, -0.25) is 0 Å². The van der Waals surface area contributed by atoms with Gasteiger partial charge in [0.1, 0.15) is 0 Å². The fourth-order valence-electron chi connectivity index (χ4n) is 5.34. The first kappa shape index (κ1) is 12.6. The lowest BCUT2D eigenvalue weighted by atomic mass is 9.67. The van der Waals surface area contributed by atoms with Crippen LogP contribution in [0.4, 0.5) is 0 Å². The molecule has 4 rings (SSSR count). The Morgan fingerprint density at radius 3 is 2.42 bits per heavy atom. The predicted octanol–water partition coefficient (Wildman–Crippen LogP) is 4.07. The predicted molar refractivity (Wildman–Crippen MR) is 75.1 cm³/mol. The molecule has 0 N–H and O–H groups in total. The largest absolute Gasteiger partial charge is 0.363 e. The molecule has 2 saturated heterocycles. The molecule has 4 fully saturated rings. The topological polar surface area (TPSA) is 25.1 Å². The normalized spacial score (nSPS) is 63.2. The van der Waals surface area contributed by atoms with Crippen LogP contribution in [-0.4, -0.2) is 22.4 Å². The molecule has 0 aromatic rings. The highest BCUT2D eigenvalue weighted by atomic mass is 16.6. The summed E-state index contributed by atoms with van der Waals surface area (Å²) in [6.45, 7) is 9.30. The van der Waals surface area contributed by atoms with Crippen molar-refractivity contribution in [3.8, 4) is 0 Å². The van der Waals surface area contributed by atoms with Gasteiger partial charge < -0.3 is 9.47 Å². The summed E-state index contributed by atoms with van der Waals surface area (Å²) in [6.07, 6.45) is 9.25. The summed E-state index contributed by atoms with van der Waals surface area (Å²) in [4.78, 5) is 0. The Morgan fingerprint density at radius 1 is 0.895 bits per heavy atom. The van der Waals surface area contributed by atoms with Crippen molar-refractivity contribution in [2.24, 2.45) is 11.8 Å². The molecular formula is C17H28O2. The van der Waals surface area contributed by atoms with E-state index >= 15 is 0 Å². The molecule has 6 atom stereocenters. The quantitative estimate of drug-likeness (QED) is 0.702. The summed E-state index contributed by atoms with van der Waals surface area (Å²) >= 11 is 0. The average molecular weight is 264 g/mol. The molecule has 2 saturated carbocycles. The molecule has 2 heterocycles. The van der Waals surface area contributed by atoms with E-state index in [1.807, 2.05) is 0 Å². The zero-order valence-electron chi connectivity index (χ0n) is 12.9. The monoisotopic (exact) mass is 264 g/mol. The minimum atomic E-state index is 0.192. The average Bonchev–Trinajstić information content (AvgIpc) is 3.09. The fourth-order valence-corrected chi connectivity index (χ4v) is 5.34. The van der Waals surface area contributed by atoms with E-state index in [4.69, 9.17) is 9.47 Å². The van der Waals surface area contributed by atoms with E-state index in [0.29, 0.717) is 0 Å². The van der Waals surface area contributed by atoms with Gasteiger partial charge in [0.25, 0.3) is 0 Å². The molecule has 2 aliphatic heterocycles. The number of fused-ring (bicyclic) bond motifs is 2. The van der Waals surface area contributed by atoms with Gasteiger partial charge in [0, 0.05) is 0 Å². The van der Waals surface area contributed by atoms with Crippen molar-refractivity contribution in [1.29, 1.82) is 0 Å². The van der Waals surface area contributed by atoms with Crippen LogP contribution in [-0.2, 0) is 9.47 Å². The Morgan fingerprint density at radius 2 is 1.68 bits per heavy atom. The zero-order valence-corrected chi connectivity index (χ0v) is 12.9. The molecular weight excluding hydrogens is 236 g/mol. The Kier molecular flexibility index (Phi) is 2.25. The standard InChI is InChI=1S/C17H28O2/c1-14-9-7-12(11-16(14,3)18-14)10-13-6-5-8-15(2)17(13,4)19-15/h12-13H,5-11H2,1-4H3. The molecule has 2 heteroatoms. The van der Waals surface area contributed by atoms with Gasteiger partial charge in [-0.05, 0) is 78.1 Å². The maximum Gasteiger partial charge on any atom is 0.0977 e. The van der Waals surface area contributed by atoms with E-state index in [2.05, 4.69) is 27.7 Å². The molecule has 0 amide bonds. The van der Waals surface area contributed by atoms with Crippen molar-refractivity contribution < 1.29 is 9.47 Å². The van der Waals surface area contributed by atoms with Crippen molar-refractivity contribution >= 4 is 0 Å². The SMILES string of the molecule is CC12CCC(CC3CCCC4(C)OC34C)CC1(C)O2. The van der Waals surface area contributed by atoms with E-state index in [1.54, 1.807) is 0 Å². The van der Waals surface area contributed by atoms with Gasteiger partial charge in [-0.2, -0.15) is 0 Å². The molecule has 2 aliphatic carbocycles. The highest BCUT2D eigenvalue weighted by Crippen LogP contribution is 2.63. The van der Waals surface area contributed by atoms with Crippen LogP contribution >= 0.6 is 0 Å². The maximum atomic E-state index is 6.16. The highest BCUT2D eigenvalue weighted by Gasteiger charge is 2.69. The smallest absolute Gasteiger partial charge is 0.0977 e. The van der Waals surface area contributed by atoms with E-state index < -0.39 is 0 Å². The summed E-state index contributed by atoms with van der Waals surface area (Å²) < 4.78 is 12.2. The van der Waals surface area contributed by atoms with Crippen LogP contribution in [0.5, 0.6) is 0 Å². The first-order valence-electron chi connectivity index (χ1n) is 8.21. The fraction of sp³-hybridized carbons (Fsp3) is 1.00. The number of ether oxygens (including phenoxy) is 2. The van der Waals surface area contributed by atoms with Crippen LogP contribution in [0.3, 0.4) is 0 Å². The molecule has 0 radical (unpaired) electrons. The molecule has 4 aliphatic rings. The van der Waals surface area contributed by atoms with Gasteiger partial charge in [-0.25, -0.2) is 0 Å². The van der Waals surface area contributed by atoms with E-state index in [1.165, 1.54) is 44.9 Å². The Labute approximate surface area is 117 Å². The maximum absolute atomic E-state index is 6.16. The van der Waals surface area contributed by atoms with Crippen molar-refractivity contribution in [2.75, 3.05) is 0 Å².